The van der Waals surface area contributed by atoms with Crippen molar-refractivity contribution in [2.45, 2.75) is 43.6 Å². The second kappa shape index (κ2) is 7.56. The van der Waals surface area contributed by atoms with Crippen LogP contribution in [0.2, 0.25) is 0 Å². The zero-order chi connectivity index (χ0) is 18.8. The first-order valence-corrected chi connectivity index (χ1v) is 10.2. The van der Waals surface area contributed by atoms with Gasteiger partial charge in [-0.2, -0.15) is 0 Å². The summed E-state index contributed by atoms with van der Waals surface area (Å²) in [5.41, 5.74) is 2.10. The van der Waals surface area contributed by atoms with Gasteiger partial charge in [-0.15, -0.1) is 10.2 Å². The topological polar surface area (TPSA) is 52.2 Å². The molecule has 0 N–H and O–H groups in total. The minimum Gasteiger partial charge on any atom is -0.276 e. The molecule has 138 valence electrons. The van der Waals surface area contributed by atoms with Crippen molar-refractivity contribution in [1.82, 2.24) is 19.2 Å². The van der Waals surface area contributed by atoms with E-state index in [1.54, 1.807) is 16.3 Å². The maximum absolute atomic E-state index is 13.0. The molecule has 0 saturated carbocycles. The van der Waals surface area contributed by atoms with Crippen molar-refractivity contribution in [3.05, 3.63) is 70.5 Å². The molecule has 0 radical (unpaired) electrons. The van der Waals surface area contributed by atoms with E-state index in [2.05, 4.69) is 36.2 Å². The smallest absolute Gasteiger partial charge is 0.262 e. The Balaban J connectivity index is 1.88. The number of hydrogen-bond acceptors (Lipinski definition) is 4. The van der Waals surface area contributed by atoms with Crippen LogP contribution in [0.3, 0.4) is 0 Å². The molecule has 0 saturated heterocycles. The van der Waals surface area contributed by atoms with Crippen molar-refractivity contribution >= 4 is 28.4 Å². The lowest BCUT2D eigenvalue weighted by atomic mass is 10.2. The van der Waals surface area contributed by atoms with Gasteiger partial charge >= 0.3 is 0 Å². The minimum absolute atomic E-state index is 0.00612. The van der Waals surface area contributed by atoms with Crippen LogP contribution in [-0.2, 0) is 6.54 Å². The van der Waals surface area contributed by atoms with Crippen LogP contribution in [0.25, 0.3) is 16.7 Å². The molecule has 6 heteroatoms. The molecule has 0 aliphatic heterocycles. The fourth-order valence-electron chi connectivity index (χ4n) is 3.28. The normalized spacial score (nSPS) is 12.7. The second-order valence-corrected chi connectivity index (χ2v) is 7.92. The average Bonchev–Trinajstić information content (AvgIpc) is 3.12. The van der Waals surface area contributed by atoms with Crippen LogP contribution >= 0.6 is 11.8 Å². The molecule has 2 aromatic heterocycles. The van der Waals surface area contributed by atoms with Crippen LogP contribution in [0.15, 0.2) is 64.5 Å². The van der Waals surface area contributed by atoms with E-state index in [0.29, 0.717) is 17.7 Å². The molecule has 0 bridgehead atoms. The molecule has 2 heterocycles. The highest BCUT2D eigenvalue weighted by atomic mass is 32.2. The zero-order valence-corrected chi connectivity index (χ0v) is 16.3. The van der Waals surface area contributed by atoms with Gasteiger partial charge in [0.05, 0.1) is 10.9 Å². The summed E-state index contributed by atoms with van der Waals surface area (Å²) in [7, 11) is 0. The predicted molar refractivity (Wildman–Crippen MR) is 110 cm³/mol. The number of para-hydroxylation sites is 1. The van der Waals surface area contributed by atoms with E-state index in [1.165, 1.54) is 5.56 Å². The van der Waals surface area contributed by atoms with Crippen molar-refractivity contribution < 1.29 is 0 Å². The first kappa shape index (κ1) is 17.8. The molecular formula is C21H22N4OS. The third-order valence-electron chi connectivity index (χ3n) is 4.76. The molecular weight excluding hydrogens is 356 g/mol. The maximum Gasteiger partial charge on any atom is 0.262 e. The monoisotopic (exact) mass is 378 g/mol. The molecule has 5 nitrogen and oxygen atoms in total. The SMILES string of the molecule is CCCCn1c(=O)c2ccccc2n2c(S[C@@H](C)c3ccccc3)nnc12. The molecule has 4 aromatic rings. The van der Waals surface area contributed by atoms with E-state index in [-0.39, 0.29) is 10.8 Å². The van der Waals surface area contributed by atoms with E-state index in [0.717, 1.165) is 23.5 Å². The number of unbranched alkanes of at least 4 members (excludes halogenated alkanes) is 1. The third-order valence-corrected chi connectivity index (χ3v) is 5.87. The van der Waals surface area contributed by atoms with Crippen molar-refractivity contribution in [2.75, 3.05) is 0 Å². The molecule has 0 aliphatic carbocycles. The fourth-order valence-corrected chi connectivity index (χ4v) is 4.26. The van der Waals surface area contributed by atoms with Crippen LogP contribution < -0.4 is 5.56 Å². The number of thioether (sulfide) groups is 1. The Morgan fingerprint density at radius 1 is 1.04 bits per heavy atom. The number of benzene rings is 2. The number of aromatic nitrogens is 4. The average molecular weight is 379 g/mol. The molecule has 0 fully saturated rings. The largest absolute Gasteiger partial charge is 0.276 e. The Labute approximate surface area is 162 Å². The number of nitrogens with zero attached hydrogens (tertiary/aromatic N) is 4. The molecule has 1 atom stereocenters. The number of aryl methyl sites for hydroxylation is 1. The summed E-state index contributed by atoms with van der Waals surface area (Å²) < 4.78 is 3.78. The van der Waals surface area contributed by atoms with Gasteiger partial charge < -0.3 is 0 Å². The highest BCUT2D eigenvalue weighted by Gasteiger charge is 2.18. The summed E-state index contributed by atoms with van der Waals surface area (Å²) in [6, 6.07) is 18.1. The number of fused-ring (bicyclic) bond motifs is 3. The summed E-state index contributed by atoms with van der Waals surface area (Å²) in [6.07, 6.45) is 1.95. The van der Waals surface area contributed by atoms with Crippen molar-refractivity contribution in [1.29, 1.82) is 0 Å². The molecule has 0 unspecified atom stereocenters. The van der Waals surface area contributed by atoms with Crippen molar-refractivity contribution in [3.63, 3.8) is 0 Å². The lowest BCUT2D eigenvalue weighted by Crippen LogP contribution is -2.23. The van der Waals surface area contributed by atoms with Crippen molar-refractivity contribution in [3.8, 4) is 0 Å². The van der Waals surface area contributed by atoms with Gasteiger partial charge in [0.2, 0.25) is 5.78 Å². The second-order valence-electron chi connectivity index (χ2n) is 6.62. The van der Waals surface area contributed by atoms with Gasteiger partial charge in [0, 0.05) is 11.8 Å². The molecule has 0 aliphatic rings. The molecule has 4 rings (SSSR count). The summed E-state index contributed by atoms with van der Waals surface area (Å²) in [6.45, 7) is 4.94. The van der Waals surface area contributed by atoms with Gasteiger partial charge in [0.15, 0.2) is 5.16 Å². The molecule has 0 amide bonds. The first-order chi connectivity index (χ1) is 13.2. The van der Waals surface area contributed by atoms with Crippen LogP contribution in [-0.4, -0.2) is 19.2 Å². The van der Waals surface area contributed by atoms with Gasteiger partial charge in [0.25, 0.3) is 5.56 Å². The Morgan fingerprint density at radius 3 is 2.56 bits per heavy atom. The lowest BCUT2D eigenvalue weighted by Gasteiger charge is -2.13. The summed E-state index contributed by atoms with van der Waals surface area (Å²) in [4.78, 5) is 13.0. The van der Waals surface area contributed by atoms with Gasteiger partial charge in [0.1, 0.15) is 0 Å². The zero-order valence-electron chi connectivity index (χ0n) is 15.5. The summed E-state index contributed by atoms with van der Waals surface area (Å²) in [5, 5.41) is 10.6. The third kappa shape index (κ3) is 3.25. The standard InChI is InChI=1S/C21H22N4OS/c1-3-4-14-24-19(26)17-12-8-9-13-18(17)25-20(24)22-23-21(25)27-15(2)16-10-6-5-7-11-16/h5-13,15H,3-4,14H2,1-2H3/t15-/m0/s1. The van der Waals surface area contributed by atoms with Gasteiger partial charge in [-0.25, -0.2) is 0 Å². The Bertz CT molecular complexity index is 1130. The predicted octanol–water partition coefficient (Wildman–Crippen LogP) is 4.70. The minimum atomic E-state index is 0.00612. The summed E-state index contributed by atoms with van der Waals surface area (Å²) >= 11 is 1.66. The van der Waals surface area contributed by atoms with Gasteiger partial charge in [-0.1, -0.05) is 67.6 Å². The molecule has 0 spiro atoms. The summed E-state index contributed by atoms with van der Waals surface area (Å²) in [5.74, 6) is 0.620. The van der Waals surface area contributed by atoms with Crippen LogP contribution in [0.4, 0.5) is 0 Å². The lowest BCUT2D eigenvalue weighted by molar-refractivity contribution is 0.620. The van der Waals surface area contributed by atoms with E-state index in [1.807, 2.05) is 46.9 Å². The fraction of sp³-hybridized carbons (Fsp3) is 0.286. The maximum atomic E-state index is 13.0. The van der Waals surface area contributed by atoms with E-state index >= 15 is 0 Å². The first-order valence-electron chi connectivity index (χ1n) is 9.29. The Kier molecular flexibility index (Phi) is 4.99. The van der Waals surface area contributed by atoms with Gasteiger partial charge in [-0.3, -0.25) is 13.8 Å². The highest BCUT2D eigenvalue weighted by molar-refractivity contribution is 7.99. The quantitative estimate of drug-likeness (QED) is 0.457. The molecule has 27 heavy (non-hydrogen) atoms. The highest BCUT2D eigenvalue weighted by Crippen LogP contribution is 2.34. The van der Waals surface area contributed by atoms with Gasteiger partial charge in [-0.05, 0) is 31.0 Å². The van der Waals surface area contributed by atoms with Crippen LogP contribution in [0, 0.1) is 0 Å². The number of hydrogen-bond donors (Lipinski definition) is 0. The Hall–Kier alpha value is -2.60. The Morgan fingerprint density at radius 2 is 1.78 bits per heavy atom. The van der Waals surface area contributed by atoms with Crippen molar-refractivity contribution in [2.24, 2.45) is 0 Å². The molecule has 2 aromatic carbocycles. The van der Waals surface area contributed by atoms with E-state index in [9.17, 15) is 4.79 Å². The van der Waals surface area contributed by atoms with E-state index in [4.69, 9.17) is 0 Å². The van der Waals surface area contributed by atoms with Crippen LogP contribution in [0.5, 0.6) is 0 Å². The number of rotatable bonds is 6. The van der Waals surface area contributed by atoms with Crippen LogP contribution in [0.1, 0.15) is 37.5 Å². The van der Waals surface area contributed by atoms with E-state index < -0.39 is 0 Å².